The summed E-state index contributed by atoms with van der Waals surface area (Å²) in [6, 6.07) is 6.67. The van der Waals surface area contributed by atoms with Gasteiger partial charge in [0.1, 0.15) is 11.0 Å². The standard InChI is InChI=1S/C14H19ClN4O2S/c1-10(11-4-6-12(7-5-11)22(16,20)21)18(2)9-14-17-8-13(15)19(14)3/h4-8,10H,9H2,1-3H3,(H2,16,20,21)/t10-/m1/s1. The molecule has 0 aliphatic heterocycles. The second kappa shape index (κ2) is 6.37. The van der Waals surface area contributed by atoms with Crippen molar-refractivity contribution in [2.24, 2.45) is 12.2 Å². The van der Waals surface area contributed by atoms with Crippen molar-refractivity contribution in [2.45, 2.75) is 24.4 Å². The molecule has 0 spiro atoms. The summed E-state index contributed by atoms with van der Waals surface area (Å²) in [5.41, 5.74) is 0.996. The van der Waals surface area contributed by atoms with Crippen molar-refractivity contribution in [3.63, 3.8) is 0 Å². The van der Waals surface area contributed by atoms with Crippen LogP contribution in [0.25, 0.3) is 0 Å². The molecule has 6 nitrogen and oxygen atoms in total. The van der Waals surface area contributed by atoms with E-state index in [1.54, 1.807) is 18.3 Å². The molecular weight excluding hydrogens is 324 g/mol. The monoisotopic (exact) mass is 342 g/mol. The molecule has 22 heavy (non-hydrogen) atoms. The summed E-state index contributed by atoms with van der Waals surface area (Å²) in [4.78, 5) is 6.49. The van der Waals surface area contributed by atoms with Crippen molar-refractivity contribution in [3.05, 3.63) is 47.0 Å². The predicted molar refractivity (Wildman–Crippen MR) is 85.9 cm³/mol. The largest absolute Gasteiger partial charge is 0.321 e. The highest BCUT2D eigenvalue weighted by atomic mass is 35.5. The van der Waals surface area contributed by atoms with Gasteiger partial charge in [-0.3, -0.25) is 4.90 Å². The van der Waals surface area contributed by atoms with Gasteiger partial charge in [-0.25, -0.2) is 18.5 Å². The number of aromatic nitrogens is 2. The molecule has 120 valence electrons. The number of hydrogen-bond acceptors (Lipinski definition) is 4. The van der Waals surface area contributed by atoms with Gasteiger partial charge in [0, 0.05) is 13.1 Å². The van der Waals surface area contributed by atoms with Crippen molar-refractivity contribution in [2.75, 3.05) is 7.05 Å². The Morgan fingerprint density at radius 1 is 1.36 bits per heavy atom. The Bertz CT molecular complexity index is 756. The Morgan fingerprint density at radius 3 is 2.41 bits per heavy atom. The quantitative estimate of drug-likeness (QED) is 0.900. The van der Waals surface area contributed by atoms with Crippen LogP contribution in [-0.4, -0.2) is 29.9 Å². The van der Waals surface area contributed by atoms with Crippen LogP contribution in [0.3, 0.4) is 0 Å². The van der Waals surface area contributed by atoms with Crippen molar-refractivity contribution in [1.82, 2.24) is 14.5 Å². The maximum Gasteiger partial charge on any atom is 0.238 e. The first-order valence-electron chi connectivity index (χ1n) is 6.69. The van der Waals surface area contributed by atoms with Crippen LogP contribution in [0.2, 0.25) is 5.15 Å². The molecule has 0 aliphatic rings. The first kappa shape index (κ1) is 17.0. The van der Waals surface area contributed by atoms with Crippen LogP contribution in [0, 0.1) is 0 Å². The molecule has 0 amide bonds. The maximum absolute atomic E-state index is 11.3. The molecule has 0 fully saturated rings. The van der Waals surface area contributed by atoms with E-state index in [0.717, 1.165) is 11.4 Å². The first-order chi connectivity index (χ1) is 10.2. The molecule has 0 saturated heterocycles. The summed E-state index contributed by atoms with van der Waals surface area (Å²) in [7, 11) is 0.180. The molecule has 8 heteroatoms. The number of primary sulfonamides is 1. The Kier molecular flexibility index (Phi) is 4.91. The number of imidazole rings is 1. The van der Waals surface area contributed by atoms with E-state index in [1.165, 1.54) is 12.1 Å². The third-order valence-corrected chi connectivity index (χ3v) is 5.05. The molecule has 0 radical (unpaired) electrons. The fraction of sp³-hybridized carbons (Fsp3) is 0.357. The molecular formula is C14H19ClN4O2S. The molecule has 2 aromatic rings. The van der Waals surface area contributed by atoms with E-state index in [0.29, 0.717) is 11.7 Å². The number of nitrogens with zero attached hydrogens (tertiary/aromatic N) is 3. The van der Waals surface area contributed by atoms with E-state index in [4.69, 9.17) is 16.7 Å². The van der Waals surface area contributed by atoms with Crippen molar-refractivity contribution in [3.8, 4) is 0 Å². The van der Waals surface area contributed by atoms with Gasteiger partial charge in [-0.05, 0) is 31.7 Å². The summed E-state index contributed by atoms with van der Waals surface area (Å²) in [6.07, 6.45) is 1.62. The van der Waals surface area contributed by atoms with Crippen molar-refractivity contribution >= 4 is 21.6 Å². The van der Waals surface area contributed by atoms with Crippen LogP contribution in [0.5, 0.6) is 0 Å². The van der Waals surface area contributed by atoms with E-state index in [2.05, 4.69) is 9.88 Å². The van der Waals surface area contributed by atoms with Crippen LogP contribution in [0.1, 0.15) is 24.4 Å². The number of halogens is 1. The van der Waals surface area contributed by atoms with Gasteiger partial charge >= 0.3 is 0 Å². The number of nitrogens with two attached hydrogens (primary N) is 1. The minimum atomic E-state index is -3.66. The zero-order valence-corrected chi connectivity index (χ0v) is 14.3. The van der Waals surface area contributed by atoms with E-state index < -0.39 is 10.0 Å². The van der Waals surface area contributed by atoms with Gasteiger partial charge in [-0.1, -0.05) is 23.7 Å². The van der Waals surface area contributed by atoms with Gasteiger partial charge in [-0.15, -0.1) is 0 Å². The molecule has 0 bridgehead atoms. The van der Waals surface area contributed by atoms with Crippen LogP contribution >= 0.6 is 11.6 Å². The molecule has 1 aromatic carbocycles. The average molecular weight is 343 g/mol. The van der Waals surface area contributed by atoms with E-state index in [-0.39, 0.29) is 10.9 Å². The Balaban J connectivity index is 2.13. The predicted octanol–water partition coefficient (Wildman–Crippen LogP) is 1.91. The lowest BCUT2D eigenvalue weighted by Crippen LogP contribution is -2.23. The minimum Gasteiger partial charge on any atom is -0.321 e. The summed E-state index contributed by atoms with van der Waals surface area (Å²) in [5.74, 6) is 0.862. The Morgan fingerprint density at radius 2 is 1.95 bits per heavy atom. The summed E-state index contributed by atoms with van der Waals surface area (Å²) >= 11 is 5.98. The highest BCUT2D eigenvalue weighted by Gasteiger charge is 2.16. The molecule has 0 aliphatic carbocycles. The molecule has 1 heterocycles. The highest BCUT2D eigenvalue weighted by molar-refractivity contribution is 7.89. The number of sulfonamides is 1. The summed E-state index contributed by atoms with van der Waals surface area (Å²) in [6.45, 7) is 2.66. The van der Waals surface area contributed by atoms with Gasteiger partial charge in [0.25, 0.3) is 0 Å². The van der Waals surface area contributed by atoms with E-state index in [1.807, 2.05) is 25.6 Å². The lowest BCUT2D eigenvalue weighted by Gasteiger charge is -2.25. The van der Waals surface area contributed by atoms with Gasteiger partial charge in [0.2, 0.25) is 10.0 Å². The van der Waals surface area contributed by atoms with Gasteiger partial charge in [0.05, 0.1) is 17.6 Å². The highest BCUT2D eigenvalue weighted by Crippen LogP contribution is 2.22. The molecule has 0 saturated carbocycles. The average Bonchev–Trinajstić information content (AvgIpc) is 2.77. The smallest absolute Gasteiger partial charge is 0.238 e. The van der Waals surface area contributed by atoms with Crippen LogP contribution in [-0.2, 0) is 23.6 Å². The van der Waals surface area contributed by atoms with E-state index in [9.17, 15) is 8.42 Å². The molecule has 2 N–H and O–H groups in total. The van der Waals surface area contributed by atoms with Gasteiger partial charge < -0.3 is 4.57 Å². The Hall–Kier alpha value is -1.41. The fourth-order valence-electron chi connectivity index (χ4n) is 2.12. The van der Waals surface area contributed by atoms with Gasteiger partial charge in [0.15, 0.2) is 0 Å². The van der Waals surface area contributed by atoms with Crippen LogP contribution < -0.4 is 5.14 Å². The number of benzene rings is 1. The third-order valence-electron chi connectivity index (χ3n) is 3.77. The SMILES string of the molecule is C[C@H](c1ccc(S(N)(=O)=O)cc1)N(C)Cc1ncc(Cl)n1C. The zero-order chi connectivity index (χ0) is 16.5. The minimum absolute atomic E-state index is 0.0880. The summed E-state index contributed by atoms with van der Waals surface area (Å²) in [5, 5.41) is 5.69. The van der Waals surface area contributed by atoms with Crippen molar-refractivity contribution in [1.29, 1.82) is 0 Å². The molecule has 1 aromatic heterocycles. The molecule has 1 atom stereocenters. The lowest BCUT2D eigenvalue weighted by molar-refractivity contribution is 0.244. The normalized spacial score (nSPS) is 13.5. The lowest BCUT2D eigenvalue weighted by atomic mass is 10.1. The van der Waals surface area contributed by atoms with Gasteiger partial charge in [-0.2, -0.15) is 0 Å². The maximum atomic E-state index is 11.3. The second-order valence-corrected chi connectivity index (χ2v) is 7.21. The van der Waals surface area contributed by atoms with E-state index >= 15 is 0 Å². The molecule has 0 unspecified atom stereocenters. The van der Waals surface area contributed by atoms with Crippen molar-refractivity contribution < 1.29 is 8.42 Å². The fourth-order valence-corrected chi connectivity index (χ4v) is 2.78. The van der Waals surface area contributed by atoms with Crippen LogP contribution in [0.4, 0.5) is 0 Å². The third kappa shape index (κ3) is 3.67. The Labute approximate surface area is 135 Å². The first-order valence-corrected chi connectivity index (χ1v) is 8.61. The number of hydrogen-bond donors (Lipinski definition) is 1. The zero-order valence-electron chi connectivity index (χ0n) is 12.7. The van der Waals surface area contributed by atoms with Crippen LogP contribution in [0.15, 0.2) is 35.4 Å². The molecule has 2 rings (SSSR count). The second-order valence-electron chi connectivity index (χ2n) is 5.26. The topological polar surface area (TPSA) is 81.2 Å². The summed E-state index contributed by atoms with van der Waals surface area (Å²) < 4.78 is 24.4. The number of rotatable bonds is 5.